The highest BCUT2D eigenvalue weighted by molar-refractivity contribution is 9.10. The van der Waals surface area contributed by atoms with Crippen LogP contribution in [0.15, 0.2) is 59.5 Å². The summed E-state index contributed by atoms with van der Waals surface area (Å²) in [5.74, 6) is 0. The van der Waals surface area contributed by atoms with E-state index in [9.17, 15) is 4.79 Å². The van der Waals surface area contributed by atoms with Crippen molar-refractivity contribution in [1.29, 1.82) is 0 Å². The zero-order valence-electron chi connectivity index (χ0n) is 10.0. The smallest absolute Gasteiger partial charge is 0.314 e. The van der Waals surface area contributed by atoms with Gasteiger partial charge >= 0.3 is 6.03 Å². The number of aromatic nitrogens is 1. The minimum atomic E-state index is -0.306. The molecule has 0 spiro atoms. The predicted molar refractivity (Wildman–Crippen MR) is 79.6 cm³/mol. The van der Waals surface area contributed by atoms with E-state index in [0.29, 0.717) is 5.69 Å². The number of hydrogen-bond donors (Lipinski definition) is 2. The summed E-state index contributed by atoms with van der Waals surface area (Å²) < 4.78 is 0.995. The molecule has 0 aliphatic heterocycles. The Morgan fingerprint density at radius 3 is 2.89 bits per heavy atom. The minimum Gasteiger partial charge on any atom is -0.314 e. The van der Waals surface area contributed by atoms with Crippen LogP contribution >= 0.6 is 15.9 Å². The number of nitrogens with one attached hydrogen (secondary N) is 2. The molecule has 1 aromatic heterocycles. The topological polar surface area (TPSA) is 54.0 Å². The van der Waals surface area contributed by atoms with E-state index in [1.165, 1.54) is 0 Å². The Hall–Kier alpha value is -2.14. The van der Waals surface area contributed by atoms with Crippen LogP contribution in [0.4, 0.5) is 10.5 Å². The third-order valence-corrected chi connectivity index (χ3v) is 2.75. The van der Waals surface area contributed by atoms with Crippen molar-refractivity contribution in [2.75, 3.05) is 5.32 Å². The molecule has 5 heteroatoms. The lowest BCUT2D eigenvalue weighted by molar-refractivity contribution is 0.255. The van der Waals surface area contributed by atoms with Gasteiger partial charge in [-0.2, -0.15) is 0 Å². The maximum absolute atomic E-state index is 11.6. The molecule has 0 bridgehead atoms. The first-order valence-corrected chi connectivity index (χ1v) is 6.43. The highest BCUT2D eigenvalue weighted by Crippen LogP contribution is 2.12. The molecule has 0 radical (unpaired) electrons. The fraction of sp³-hybridized carbons (Fsp3) is 0. The minimum absolute atomic E-state index is 0.306. The molecule has 0 aliphatic rings. The van der Waals surface area contributed by atoms with Crippen LogP contribution in [0.2, 0.25) is 0 Å². The zero-order chi connectivity index (χ0) is 13.5. The summed E-state index contributed by atoms with van der Waals surface area (Å²) in [6.07, 6.45) is 6.63. The number of pyridine rings is 1. The maximum Gasteiger partial charge on any atom is 0.323 e. The number of anilines is 1. The van der Waals surface area contributed by atoms with Crippen molar-refractivity contribution < 1.29 is 4.79 Å². The Balaban J connectivity index is 1.87. The number of carbonyl (C=O) groups is 1. The van der Waals surface area contributed by atoms with Gasteiger partial charge in [-0.1, -0.05) is 28.1 Å². The number of nitrogens with zero attached hydrogens (tertiary/aromatic N) is 1. The SMILES string of the molecule is O=C(N/C=C/c1cccc(Br)c1)Nc1cccnc1. The third kappa shape index (κ3) is 4.56. The lowest BCUT2D eigenvalue weighted by Gasteiger charge is -2.03. The van der Waals surface area contributed by atoms with Crippen LogP contribution in [0.25, 0.3) is 6.08 Å². The van der Waals surface area contributed by atoms with E-state index in [-0.39, 0.29) is 6.03 Å². The van der Waals surface area contributed by atoms with Gasteiger partial charge in [0.1, 0.15) is 0 Å². The average Bonchev–Trinajstić information content (AvgIpc) is 2.40. The Kier molecular flexibility index (Phi) is 4.69. The van der Waals surface area contributed by atoms with Crippen molar-refractivity contribution >= 4 is 33.7 Å². The first kappa shape index (κ1) is 13.3. The quantitative estimate of drug-likeness (QED) is 0.908. The van der Waals surface area contributed by atoms with E-state index < -0.39 is 0 Å². The van der Waals surface area contributed by atoms with E-state index in [0.717, 1.165) is 10.0 Å². The molecule has 1 aromatic carbocycles. The van der Waals surface area contributed by atoms with E-state index >= 15 is 0 Å². The van der Waals surface area contributed by atoms with E-state index in [2.05, 4.69) is 31.5 Å². The molecular formula is C14H12BrN3O. The van der Waals surface area contributed by atoms with Gasteiger partial charge in [-0.3, -0.25) is 4.98 Å². The van der Waals surface area contributed by atoms with Gasteiger partial charge in [0.2, 0.25) is 0 Å². The van der Waals surface area contributed by atoms with Crippen LogP contribution in [0, 0.1) is 0 Å². The van der Waals surface area contributed by atoms with Crippen molar-refractivity contribution in [2.45, 2.75) is 0 Å². The summed E-state index contributed by atoms with van der Waals surface area (Å²) in [5.41, 5.74) is 1.65. The molecule has 2 aromatic rings. The molecule has 0 atom stereocenters. The van der Waals surface area contributed by atoms with E-state index in [1.54, 1.807) is 30.7 Å². The third-order valence-electron chi connectivity index (χ3n) is 2.26. The van der Waals surface area contributed by atoms with Gasteiger partial charge in [0.05, 0.1) is 11.9 Å². The summed E-state index contributed by atoms with van der Waals surface area (Å²) in [5, 5.41) is 5.29. The Morgan fingerprint density at radius 2 is 2.16 bits per heavy atom. The zero-order valence-corrected chi connectivity index (χ0v) is 11.6. The molecule has 0 aliphatic carbocycles. The van der Waals surface area contributed by atoms with E-state index in [4.69, 9.17) is 0 Å². The number of benzene rings is 1. The maximum atomic E-state index is 11.6. The average molecular weight is 318 g/mol. The molecule has 19 heavy (non-hydrogen) atoms. The van der Waals surface area contributed by atoms with Crippen molar-refractivity contribution in [3.63, 3.8) is 0 Å². The molecule has 0 fully saturated rings. The second-order valence-electron chi connectivity index (χ2n) is 3.73. The number of halogens is 1. The number of urea groups is 1. The number of carbonyl (C=O) groups excluding carboxylic acids is 1. The normalized spacial score (nSPS) is 10.4. The Labute approximate surface area is 119 Å². The van der Waals surface area contributed by atoms with Gasteiger partial charge in [0.15, 0.2) is 0 Å². The molecule has 0 saturated heterocycles. The van der Waals surface area contributed by atoms with Gasteiger partial charge in [-0.15, -0.1) is 0 Å². The lowest BCUT2D eigenvalue weighted by Crippen LogP contribution is -2.23. The summed E-state index contributed by atoms with van der Waals surface area (Å²) in [7, 11) is 0. The highest BCUT2D eigenvalue weighted by Gasteiger charge is 1.97. The summed E-state index contributed by atoms with van der Waals surface area (Å²) in [6.45, 7) is 0. The summed E-state index contributed by atoms with van der Waals surface area (Å²) in [6, 6.07) is 11.0. The molecule has 2 N–H and O–H groups in total. The molecule has 2 rings (SSSR count). The van der Waals surface area contributed by atoms with Gasteiger partial charge < -0.3 is 10.6 Å². The molecule has 0 saturated carbocycles. The lowest BCUT2D eigenvalue weighted by atomic mass is 10.2. The van der Waals surface area contributed by atoms with Crippen LogP contribution in [0.5, 0.6) is 0 Å². The first-order valence-electron chi connectivity index (χ1n) is 5.64. The van der Waals surface area contributed by atoms with Crippen molar-refractivity contribution in [1.82, 2.24) is 10.3 Å². The molecule has 96 valence electrons. The van der Waals surface area contributed by atoms with Crippen LogP contribution in [0.3, 0.4) is 0 Å². The number of rotatable bonds is 3. The summed E-state index contributed by atoms with van der Waals surface area (Å²) >= 11 is 3.39. The molecule has 4 nitrogen and oxygen atoms in total. The molecular weight excluding hydrogens is 306 g/mol. The second kappa shape index (κ2) is 6.70. The standard InChI is InChI=1S/C14H12BrN3O/c15-12-4-1-3-11(9-12)6-8-17-14(19)18-13-5-2-7-16-10-13/h1-10H,(H2,17,18,19)/b8-6+. The Bertz CT molecular complexity index is 584. The summed E-state index contributed by atoms with van der Waals surface area (Å²) in [4.78, 5) is 15.5. The van der Waals surface area contributed by atoms with Crippen molar-refractivity contribution in [3.05, 3.63) is 65.0 Å². The first-order chi connectivity index (χ1) is 9.24. The fourth-order valence-electron chi connectivity index (χ4n) is 1.43. The van der Waals surface area contributed by atoms with Gasteiger partial charge in [-0.25, -0.2) is 4.79 Å². The van der Waals surface area contributed by atoms with Gasteiger partial charge in [0, 0.05) is 16.9 Å². The van der Waals surface area contributed by atoms with Crippen molar-refractivity contribution in [3.8, 4) is 0 Å². The van der Waals surface area contributed by atoms with Crippen LogP contribution in [0.1, 0.15) is 5.56 Å². The second-order valence-corrected chi connectivity index (χ2v) is 4.64. The van der Waals surface area contributed by atoms with Gasteiger partial charge in [-0.05, 0) is 35.9 Å². The molecule has 2 amide bonds. The molecule has 0 unspecified atom stereocenters. The number of amides is 2. The van der Waals surface area contributed by atoms with Gasteiger partial charge in [0.25, 0.3) is 0 Å². The van der Waals surface area contributed by atoms with Crippen LogP contribution in [-0.2, 0) is 0 Å². The monoisotopic (exact) mass is 317 g/mol. The number of hydrogen-bond acceptors (Lipinski definition) is 2. The van der Waals surface area contributed by atoms with Crippen LogP contribution in [-0.4, -0.2) is 11.0 Å². The predicted octanol–water partition coefficient (Wildman–Crippen LogP) is 3.64. The van der Waals surface area contributed by atoms with Crippen LogP contribution < -0.4 is 10.6 Å². The highest BCUT2D eigenvalue weighted by atomic mass is 79.9. The largest absolute Gasteiger partial charge is 0.323 e. The fourth-order valence-corrected chi connectivity index (χ4v) is 1.84. The van der Waals surface area contributed by atoms with Crippen molar-refractivity contribution in [2.24, 2.45) is 0 Å². The Morgan fingerprint density at radius 1 is 1.26 bits per heavy atom. The van der Waals surface area contributed by atoms with E-state index in [1.807, 2.05) is 30.3 Å². The molecule has 1 heterocycles.